The number of hydrogen-bond donors (Lipinski definition) is 2. The second kappa shape index (κ2) is 7.71. The van der Waals surface area contributed by atoms with E-state index in [1.807, 2.05) is 27.7 Å². The molecule has 2 N–H and O–H groups in total. The first-order valence-corrected chi connectivity index (χ1v) is 9.83. The molecule has 0 aliphatic carbocycles. The van der Waals surface area contributed by atoms with Crippen molar-refractivity contribution in [3.05, 3.63) is 92.0 Å². The molecule has 2 heteroatoms. The Hall–Kier alpha value is -2.74. The first-order chi connectivity index (χ1) is 13.2. The third kappa shape index (κ3) is 4.06. The highest BCUT2D eigenvalue weighted by molar-refractivity contribution is 5.48. The molecule has 0 bridgehead atoms. The predicted octanol–water partition coefficient (Wildman–Crippen LogP) is 6.13. The van der Waals surface area contributed by atoms with E-state index in [9.17, 15) is 10.2 Å². The minimum absolute atomic E-state index is 0.392. The van der Waals surface area contributed by atoms with Crippen LogP contribution in [0.4, 0.5) is 0 Å². The molecule has 3 aromatic carbocycles. The van der Waals surface area contributed by atoms with Crippen LogP contribution in [0, 0.1) is 41.5 Å². The summed E-state index contributed by atoms with van der Waals surface area (Å²) in [5, 5.41) is 20.1. The molecule has 0 aliphatic heterocycles. The first-order valence-electron chi connectivity index (χ1n) is 9.83. The van der Waals surface area contributed by atoms with Crippen LogP contribution in [0.15, 0.2) is 36.4 Å². The lowest BCUT2D eigenvalue weighted by molar-refractivity contribution is 0.466. The van der Waals surface area contributed by atoms with Crippen LogP contribution in [0.3, 0.4) is 0 Å². The van der Waals surface area contributed by atoms with Crippen LogP contribution in [0.2, 0.25) is 0 Å². The predicted molar refractivity (Wildman–Crippen MR) is 117 cm³/mol. The molecular formula is C26H30O2. The number of benzene rings is 3. The van der Waals surface area contributed by atoms with Gasteiger partial charge in [-0.1, -0.05) is 36.4 Å². The third-order valence-corrected chi connectivity index (χ3v) is 5.69. The SMILES string of the molecule is Cc1cc(C)c(Cc2cc(C)c(O)c(C)c2)cc1Cc1cc(C)c(O)c(C)c1. The van der Waals surface area contributed by atoms with E-state index < -0.39 is 0 Å². The van der Waals surface area contributed by atoms with Crippen molar-refractivity contribution >= 4 is 0 Å². The van der Waals surface area contributed by atoms with Gasteiger partial charge in [-0.3, -0.25) is 0 Å². The summed E-state index contributed by atoms with van der Waals surface area (Å²) in [6.07, 6.45) is 1.71. The maximum atomic E-state index is 10.0. The smallest absolute Gasteiger partial charge is 0.121 e. The molecule has 0 saturated heterocycles. The second-order valence-electron chi connectivity index (χ2n) is 8.22. The molecule has 0 aromatic heterocycles. The van der Waals surface area contributed by atoms with Gasteiger partial charge in [0.25, 0.3) is 0 Å². The summed E-state index contributed by atoms with van der Waals surface area (Å²) in [6, 6.07) is 12.9. The molecule has 146 valence electrons. The molecule has 0 unspecified atom stereocenters. The summed E-state index contributed by atoms with van der Waals surface area (Å²) in [5.74, 6) is 0.784. The average Bonchev–Trinajstić information content (AvgIpc) is 2.61. The van der Waals surface area contributed by atoms with E-state index in [1.165, 1.54) is 33.4 Å². The van der Waals surface area contributed by atoms with E-state index in [0.717, 1.165) is 35.1 Å². The largest absolute Gasteiger partial charge is 0.507 e. The third-order valence-electron chi connectivity index (χ3n) is 5.69. The maximum Gasteiger partial charge on any atom is 0.121 e. The summed E-state index contributed by atoms with van der Waals surface area (Å²) in [6.45, 7) is 12.1. The lowest BCUT2D eigenvalue weighted by Gasteiger charge is -2.15. The van der Waals surface area contributed by atoms with Gasteiger partial charge in [0.05, 0.1) is 0 Å². The van der Waals surface area contributed by atoms with Crippen LogP contribution >= 0.6 is 0 Å². The van der Waals surface area contributed by atoms with Crippen LogP contribution in [-0.4, -0.2) is 10.2 Å². The van der Waals surface area contributed by atoms with E-state index in [-0.39, 0.29) is 0 Å². The molecular weight excluding hydrogens is 344 g/mol. The average molecular weight is 375 g/mol. The van der Waals surface area contributed by atoms with Gasteiger partial charge in [-0.2, -0.15) is 0 Å². The molecule has 0 atom stereocenters. The van der Waals surface area contributed by atoms with Crippen molar-refractivity contribution in [3.8, 4) is 11.5 Å². The van der Waals surface area contributed by atoms with Gasteiger partial charge < -0.3 is 10.2 Å². The number of phenolic OH excluding ortho intramolecular Hbond substituents is 2. The van der Waals surface area contributed by atoms with E-state index in [2.05, 4.69) is 50.2 Å². The molecule has 3 aromatic rings. The van der Waals surface area contributed by atoms with Crippen LogP contribution in [0.25, 0.3) is 0 Å². The molecule has 0 spiro atoms. The minimum atomic E-state index is 0.392. The van der Waals surface area contributed by atoms with Crippen LogP contribution in [0.5, 0.6) is 11.5 Å². The summed E-state index contributed by atoms with van der Waals surface area (Å²) in [4.78, 5) is 0. The monoisotopic (exact) mass is 374 g/mol. The van der Waals surface area contributed by atoms with Gasteiger partial charge in [0.15, 0.2) is 0 Å². The van der Waals surface area contributed by atoms with E-state index >= 15 is 0 Å². The molecule has 0 amide bonds. The van der Waals surface area contributed by atoms with Crippen molar-refractivity contribution in [2.45, 2.75) is 54.4 Å². The summed E-state index contributed by atoms with van der Waals surface area (Å²) in [7, 11) is 0. The number of phenols is 2. The molecule has 2 nitrogen and oxygen atoms in total. The van der Waals surface area contributed by atoms with Gasteiger partial charge in [0, 0.05) is 0 Å². The highest BCUT2D eigenvalue weighted by Gasteiger charge is 2.11. The molecule has 0 heterocycles. The normalized spacial score (nSPS) is 11.1. The Morgan fingerprint density at radius 3 is 1.11 bits per heavy atom. The van der Waals surface area contributed by atoms with Crippen LogP contribution in [0.1, 0.15) is 55.6 Å². The van der Waals surface area contributed by atoms with Crippen molar-refractivity contribution in [1.29, 1.82) is 0 Å². The zero-order valence-electron chi connectivity index (χ0n) is 17.8. The first kappa shape index (κ1) is 20.0. The lowest BCUT2D eigenvalue weighted by Crippen LogP contribution is -2.00. The van der Waals surface area contributed by atoms with Gasteiger partial charge in [0.2, 0.25) is 0 Å². The van der Waals surface area contributed by atoms with E-state index in [0.29, 0.717) is 11.5 Å². The number of hydrogen-bond acceptors (Lipinski definition) is 2. The molecule has 0 radical (unpaired) electrons. The fourth-order valence-electron chi connectivity index (χ4n) is 4.06. The second-order valence-corrected chi connectivity index (χ2v) is 8.22. The quantitative estimate of drug-likeness (QED) is 0.577. The van der Waals surface area contributed by atoms with Crippen LogP contribution < -0.4 is 0 Å². The molecule has 0 saturated carbocycles. The van der Waals surface area contributed by atoms with Crippen molar-refractivity contribution in [1.82, 2.24) is 0 Å². The fourth-order valence-corrected chi connectivity index (χ4v) is 4.06. The summed E-state index contributed by atoms with van der Waals surface area (Å²) in [5.41, 5.74) is 11.4. The maximum absolute atomic E-state index is 10.0. The summed E-state index contributed by atoms with van der Waals surface area (Å²) >= 11 is 0. The van der Waals surface area contributed by atoms with Gasteiger partial charge in [0.1, 0.15) is 11.5 Å². The summed E-state index contributed by atoms with van der Waals surface area (Å²) < 4.78 is 0. The van der Waals surface area contributed by atoms with Crippen molar-refractivity contribution in [2.75, 3.05) is 0 Å². The Morgan fingerprint density at radius 2 is 0.786 bits per heavy atom. The standard InChI is InChI=1S/C26H30O2/c1-15-7-16(2)24(13-22-10-19(5)26(28)20(6)11-22)14-23(15)12-21-8-17(3)25(27)18(4)9-21/h7-11,14,27-28H,12-13H2,1-6H3. The lowest BCUT2D eigenvalue weighted by atomic mass is 9.91. The van der Waals surface area contributed by atoms with Gasteiger partial charge in [-0.05, 0) is 110 Å². The Bertz CT molecular complexity index is 918. The van der Waals surface area contributed by atoms with Gasteiger partial charge in [-0.25, -0.2) is 0 Å². The highest BCUT2D eigenvalue weighted by Crippen LogP contribution is 2.28. The number of aryl methyl sites for hydroxylation is 6. The Labute approximate surface area is 168 Å². The van der Waals surface area contributed by atoms with Gasteiger partial charge >= 0.3 is 0 Å². The van der Waals surface area contributed by atoms with Crippen molar-refractivity contribution in [2.24, 2.45) is 0 Å². The van der Waals surface area contributed by atoms with E-state index in [1.54, 1.807) is 0 Å². The molecule has 28 heavy (non-hydrogen) atoms. The topological polar surface area (TPSA) is 40.5 Å². The van der Waals surface area contributed by atoms with Gasteiger partial charge in [-0.15, -0.1) is 0 Å². The zero-order valence-corrected chi connectivity index (χ0v) is 17.8. The highest BCUT2D eigenvalue weighted by atomic mass is 16.3. The van der Waals surface area contributed by atoms with E-state index in [4.69, 9.17) is 0 Å². The molecule has 0 aliphatic rings. The van der Waals surface area contributed by atoms with Crippen LogP contribution in [-0.2, 0) is 12.8 Å². The van der Waals surface area contributed by atoms with Crippen molar-refractivity contribution in [3.63, 3.8) is 0 Å². The fraction of sp³-hybridized carbons (Fsp3) is 0.308. The minimum Gasteiger partial charge on any atom is -0.507 e. The Balaban J connectivity index is 1.95. The Morgan fingerprint density at radius 1 is 0.464 bits per heavy atom. The van der Waals surface area contributed by atoms with Crippen molar-refractivity contribution < 1.29 is 10.2 Å². The zero-order chi connectivity index (χ0) is 20.6. The number of rotatable bonds is 4. The Kier molecular flexibility index (Phi) is 5.51. The molecule has 0 fully saturated rings. The number of aromatic hydroxyl groups is 2. The molecule has 3 rings (SSSR count).